The van der Waals surface area contributed by atoms with Crippen LogP contribution in [0, 0.1) is 23.7 Å². The average molecular weight is 337 g/mol. The van der Waals surface area contributed by atoms with Gasteiger partial charge in [0.05, 0.1) is 17.5 Å². The van der Waals surface area contributed by atoms with Crippen LogP contribution in [0.15, 0.2) is 54.9 Å². The maximum Gasteiger partial charge on any atom is 0.307 e. The first-order valence-corrected chi connectivity index (χ1v) is 8.42. The van der Waals surface area contributed by atoms with E-state index in [1.54, 1.807) is 10.9 Å². The van der Waals surface area contributed by atoms with E-state index in [0.717, 1.165) is 17.7 Å². The van der Waals surface area contributed by atoms with Crippen LogP contribution in [0.1, 0.15) is 12.0 Å². The van der Waals surface area contributed by atoms with Gasteiger partial charge in [-0.3, -0.25) is 9.59 Å². The molecule has 25 heavy (non-hydrogen) atoms. The Morgan fingerprint density at radius 2 is 1.92 bits per heavy atom. The normalized spacial score (nSPS) is 26.7. The third kappa shape index (κ3) is 2.73. The molecule has 1 amide bonds. The number of benzene rings is 1. The van der Waals surface area contributed by atoms with Crippen LogP contribution in [0.5, 0.6) is 0 Å². The highest BCUT2D eigenvalue weighted by molar-refractivity contribution is 5.86. The largest absolute Gasteiger partial charge is 0.481 e. The van der Waals surface area contributed by atoms with E-state index in [4.69, 9.17) is 0 Å². The maximum atomic E-state index is 12.7. The van der Waals surface area contributed by atoms with Gasteiger partial charge in [0.25, 0.3) is 0 Å². The lowest BCUT2D eigenvalue weighted by Gasteiger charge is -2.24. The lowest BCUT2D eigenvalue weighted by Crippen LogP contribution is -2.40. The zero-order valence-corrected chi connectivity index (χ0v) is 13.6. The molecule has 6 heteroatoms. The van der Waals surface area contributed by atoms with E-state index in [9.17, 15) is 14.7 Å². The van der Waals surface area contributed by atoms with Crippen LogP contribution in [0.25, 0.3) is 5.69 Å². The number of fused-ring (bicyclic) bond motifs is 2. The standard InChI is InChI=1S/C19H19N3O3/c23-18(16-12-6-7-13(10-12)17(16)19(24)25)20-11-14-4-1-2-5-15(14)22-9-3-8-21-22/h1-9,12-13,16-17H,10-11H2,(H,20,23)(H,24,25)/t12-,13-,16-,17+/m0/s1. The zero-order chi connectivity index (χ0) is 17.4. The van der Waals surface area contributed by atoms with Crippen molar-refractivity contribution in [3.05, 3.63) is 60.4 Å². The van der Waals surface area contributed by atoms with Crippen molar-refractivity contribution in [2.75, 3.05) is 0 Å². The van der Waals surface area contributed by atoms with E-state index >= 15 is 0 Å². The summed E-state index contributed by atoms with van der Waals surface area (Å²) in [6.07, 6.45) is 8.25. The minimum absolute atomic E-state index is 0.0189. The molecule has 1 saturated carbocycles. The van der Waals surface area contributed by atoms with Crippen LogP contribution in [-0.4, -0.2) is 26.8 Å². The predicted molar refractivity (Wildman–Crippen MR) is 90.8 cm³/mol. The summed E-state index contributed by atoms with van der Waals surface area (Å²) in [4.78, 5) is 24.3. The Morgan fingerprint density at radius 3 is 2.64 bits per heavy atom. The second kappa shape index (κ2) is 6.20. The molecular weight excluding hydrogens is 318 g/mol. The fraction of sp³-hybridized carbons (Fsp3) is 0.316. The monoisotopic (exact) mass is 337 g/mol. The summed E-state index contributed by atoms with van der Waals surface area (Å²) in [5.74, 6) is -2.14. The second-order valence-electron chi connectivity index (χ2n) is 6.64. The number of rotatable bonds is 5. The van der Waals surface area contributed by atoms with Gasteiger partial charge >= 0.3 is 5.97 Å². The van der Waals surface area contributed by atoms with Crippen molar-refractivity contribution in [2.24, 2.45) is 23.7 Å². The highest BCUT2D eigenvalue weighted by Crippen LogP contribution is 2.48. The number of carbonyl (C=O) groups excluding carboxylic acids is 1. The van der Waals surface area contributed by atoms with Crippen LogP contribution in [-0.2, 0) is 16.1 Å². The molecule has 0 aliphatic heterocycles. The summed E-state index contributed by atoms with van der Waals surface area (Å²) in [6, 6.07) is 9.55. The van der Waals surface area contributed by atoms with Gasteiger partial charge in [0, 0.05) is 18.9 Å². The molecule has 1 fully saturated rings. The number of carbonyl (C=O) groups is 2. The van der Waals surface area contributed by atoms with Gasteiger partial charge in [-0.1, -0.05) is 30.4 Å². The topological polar surface area (TPSA) is 84.2 Å². The number of carboxylic acids is 1. The lowest BCUT2D eigenvalue weighted by molar-refractivity contribution is -0.147. The van der Waals surface area contributed by atoms with Gasteiger partial charge in [-0.05, 0) is 36.0 Å². The number of amides is 1. The summed E-state index contributed by atoms with van der Waals surface area (Å²) >= 11 is 0. The number of carboxylic acid groups (broad SMARTS) is 1. The van der Waals surface area contributed by atoms with Gasteiger partial charge in [-0.15, -0.1) is 0 Å². The minimum atomic E-state index is -0.881. The Bertz CT molecular complexity index is 828. The number of aliphatic carboxylic acids is 1. The first kappa shape index (κ1) is 15.6. The summed E-state index contributed by atoms with van der Waals surface area (Å²) in [5.41, 5.74) is 1.83. The van der Waals surface area contributed by atoms with Crippen molar-refractivity contribution in [1.82, 2.24) is 15.1 Å². The van der Waals surface area contributed by atoms with E-state index in [1.165, 1.54) is 0 Å². The van der Waals surface area contributed by atoms with E-state index < -0.39 is 17.8 Å². The Kier molecular flexibility index (Phi) is 3.87. The predicted octanol–water partition coefficient (Wildman–Crippen LogP) is 2.01. The molecule has 2 bridgehead atoms. The molecule has 1 aromatic heterocycles. The zero-order valence-electron chi connectivity index (χ0n) is 13.6. The van der Waals surface area contributed by atoms with Crippen molar-refractivity contribution >= 4 is 11.9 Å². The quantitative estimate of drug-likeness (QED) is 0.818. The second-order valence-corrected chi connectivity index (χ2v) is 6.64. The number of para-hydroxylation sites is 1. The number of aromatic nitrogens is 2. The molecule has 4 rings (SSSR count). The maximum absolute atomic E-state index is 12.7. The fourth-order valence-electron chi connectivity index (χ4n) is 4.11. The SMILES string of the molecule is O=C(NCc1ccccc1-n1cccn1)[C@@H]1[C@H](C(=O)O)[C@H]2C=C[C@H]1C2. The van der Waals surface area contributed by atoms with Crippen molar-refractivity contribution in [3.63, 3.8) is 0 Å². The van der Waals surface area contributed by atoms with Crippen LogP contribution in [0.3, 0.4) is 0 Å². The highest BCUT2D eigenvalue weighted by atomic mass is 16.4. The van der Waals surface area contributed by atoms with E-state index in [2.05, 4.69) is 10.4 Å². The van der Waals surface area contributed by atoms with Gasteiger partial charge in [0.1, 0.15) is 0 Å². The molecule has 0 unspecified atom stereocenters. The van der Waals surface area contributed by atoms with Crippen molar-refractivity contribution < 1.29 is 14.7 Å². The van der Waals surface area contributed by atoms with Crippen LogP contribution >= 0.6 is 0 Å². The molecule has 6 nitrogen and oxygen atoms in total. The van der Waals surface area contributed by atoms with E-state index in [0.29, 0.717) is 6.54 Å². The van der Waals surface area contributed by atoms with Crippen LogP contribution in [0.4, 0.5) is 0 Å². The molecule has 0 saturated heterocycles. The van der Waals surface area contributed by atoms with Gasteiger partial charge < -0.3 is 10.4 Å². The molecular formula is C19H19N3O3. The Hall–Kier alpha value is -2.89. The molecule has 0 spiro atoms. The Morgan fingerprint density at radius 1 is 1.16 bits per heavy atom. The van der Waals surface area contributed by atoms with Crippen LogP contribution < -0.4 is 5.32 Å². The molecule has 1 aromatic carbocycles. The van der Waals surface area contributed by atoms with Crippen molar-refractivity contribution in [2.45, 2.75) is 13.0 Å². The third-order valence-corrected chi connectivity index (χ3v) is 5.24. The number of allylic oxidation sites excluding steroid dienone is 2. The van der Waals surface area contributed by atoms with Crippen molar-refractivity contribution in [1.29, 1.82) is 0 Å². The summed E-state index contributed by atoms with van der Waals surface area (Å²) in [5, 5.41) is 16.7. The molecule has 0 radical (unpaired) electrons. The minimum Gasteiger partial charge on any atom is -0.481 e. The lowest BCUT2D eigenvalue weighted by atomic mass is 9.82. The number of nitrogens with one attached hydrogen (secondary N) is 1. The molecule has 128 valence electrons. The summed E-state index contributed by atoms with van der Waals surface area (Å²) in [6.45, 7) is 0.346. The molecule has 2 aliphatic carbocycles. The average Bonchev–Trinajstić information content (AvgIpc) is 3.35. The van der Waals surface area contributed by atoms with Crippen LogP contribution in [0.2, 0.25) is 0 Å². The Balaban J connectivity index is 1.50. The smallest absolute Gasteiger partial charge is 0.307 e. The van der Waals surface area contributed by atoms with Gasteiger partial charge in [0.2, 0.25) is 5.91 Å². The summed E-state index contributed by atoms with van der Waals surface area (Å²) < 4.78 is 1.75. The third-order valence-electron chi connectivity index (χ3n) is 5.24. The molecule has 2 aromatic rings. The molecule has 2 N–H and O–H groups in total. The van der Waals surface area contributed by atoms with E-state index in [1.807, 2.05) is 48.7 Å². The van der Waals surface area contributed by atoms with Gasteiger partial charge in [-0.2, -0.15) is 5.10 Å². The van der Waals surface area contributed by atoms with Gasteiger partial charge in [0.15, 0.2) is 0 Å². The molecule has 1 heterocycles. The van der Waals surface area contributed by atoms with E-state index in [-0.39, 0.29) is 17.7 Å². The first-order valence-electron chi connectivity index (χ1n) is 8.42. The van der Waals surface area contributed by atoms with Crippen molar-refractivity contribution in [3.8, 4) is 5.69 Å². The first-order chi connectivity index (χ1) is 12.1. The Labute approximate surface area is 145 Å². The number of hydrogen-bond acceptors (Lipinski definition) is 3. The molecule has 2 aliphatic rings. The summed E-state index contributed by atoms with van der Waals surface area (Å²) in [7, 11) is 0. The molecule has 4 atom stereocenters. The van der Waals surface area contributed by atoms with Gasteiger partial charge in [-0.25, -0.2) is 4.68 Å². The highest BCUT2D eigenvalue weighted by Gasteiger charge is 2.51. The fourth-order valence-corrected chi connectivity index (χ4v) is 4.11. The number of nitrogens with zero attached hydrogens (tertiary/aromatic N) is 2. The number of hydrogen-bond donors (Lipinski definition) is 2.